The quantitative estimate of drug-likeness (QED) is 0.615. The lowest BCUT2D eigenvalue weighted by Crippen LogP contribution is -2.13. The Balaban J connectivity index is 1.82. The molecule has 1 amide bonds. The first-order valence-electron chi connectivity index (χ1n) is 7.72. The third-order valence-corrected chi connectivity index (χ3v) is 4.46. The number of fused-ring (bicyclic) bond motifs is 1. The maximum atomic E-state index is 12.4. The van der Waals surface area contributed by atoms with E-state index in [-0.39, 0.29) is 12.4 Å². The Morgan fingerprint density at radius 3 is 2.60 bits per heavy atom. The van der Waals surface area contributed by atoms with Gasteiger partial charge in [-0.1, -0.05) is 35.0 Å². The van der Waals surface area contributed by atoms with Crippen LogP contribution in [0, 0.1) is 11.3 Å². The predicted octanol–water partition coefficient (Wildman–Crippen LogP) is 4.29. The molecule has 1 aliphatic rings. The molecule has 25 heavy (non-hydrogen) atoms. The molecule has 0 saturated heterocycles. The molecule has 0 aromatic heterocycles. The highest BCUT2D eigenvalue weighted by atomic mass is 79.9. The highest BCUT2D eigenvalue weighted by molar-refractivity contribution is 9.10. The molecule has 126 valence electrons. The zero-order chi connectivity index (χ0) is 17.8. The number of anilines is 1. The molecule has 3 rings (SSSR count). The van der Waals surface area contributed by atoms with Gasteiger partial charge in [0.25, 0.3) is 5.91 Å². The maximum Gasteiger partial charge on any atom is 0.266 e. The second kappa shape index (κ2) is 7.41. The predicted molar refractivity (Wildman–Crippen MR) is 98.3 cm³/mol. The lowest BCUT2D eigenvalue weighted by Gasteiger charge is -2.06. The van der Waals surface area contributed by atoms with E-state index in [2.05, 4.69) is 28.2 Å². The van der Waals surface area contributed by atoms with E-state index in [4.69, 9.17) is 9.47 Å². The van der Waals surface area contributed by atoms with Gasteiger partial charge in [-0.05, 0) is 47.9 Å². The van der Waals surface area contributed by atoms with Crippen molar-refractivity contribution in [3.63, 3.8) is 0 Å². The van der Waals surface area contributed by atoms with E-state index in [0.717, 1.165) is 6.42 Å². The first-order valence-corrected chi connectivity index (χ1v) is 8.51. The van der Waals surface area contributed by atoms with Gasteiger partial charge in [0.05, 0.1) is 0 Å². The first-order chi connectivity index (χ1) is 12.1. The van der Waals surface area contributed by atoms with Gasteiger partial charge in [-0.15, -0.1) is 0 Å². The largest absolute Gasteiger partial charge is 0.454 e. The number of amides is 1. The van der Waals surface area contributed by atoms with Gasteiger partial charge in [0.2, 0.25) is 6.79 Å². The minimum Gasteiger partial charge on any atom is -0.454 e. The van der Waals surface area contributed by atoms with Crippen molar-refractivity contribution < 1.29 is 14.3 Å². The molecule has 0 unspecified atom stereocenters. The van der Waals surface area contributed by atoms with Crippen LogP contribution in [0.5, 0.6) is 11.5 Å². The number of hydrogen-bond donors (Lipinski definition) is 1. The normalized spacial score (nSPS) is 12.6. The molecule has 0 saturated carbocycles. The summed E-state index contributed by atoms with van der Waals surface area (Å²) in [6.45, 7) is 2.22. The standard InChI is InChI=1S/C19H15BrN2O3/c1-2-12-3-5-15(6-4-12)22-19(23)14(10-21)7-13-8-17-18(9-16(13)20)25-11-24-17/h3-9H,2,11H2,1H3,(H,22,23). The summed E-state index contributed by atoms with van der Waals surface area (Å²) in [6.07, 6.45) is 2.44. The van der Waals surface area contributed by atoms with Gasteiger partial charge < -0.3 is 14.8 Å². The van der Waals surface area contributed by atoms with Gasteiger partial charge in [0.15, 0.2) is 11.5 Å². The minimum absolute atomic E-state index is 0.000802. The fraction of sp³-hybridized carbons (Fsp3) is 0.158. The second-order valence-electron chi connectivity index (χ2n) is 5.40. The molecule has 1 aliphatic heterocycles. The van der Waals surface area contributed by atoms with Gasteiger partial charge in [-0.3, -0.25) is 4.79 Å². The summed E-state index contributed by atoms with van der Waals surface area (Å²) in [6, 6.07) is 13.0. The van der Waals surface area contributed by atoms with Crippen LogP contribution in [-0.4, -0.2) is 12.7 Å². The van der Waals surface area contributed by atoms with Crippen LogP contribution in [0.15, 0.2) is 46.4 Å². The number of nitrogens with zero attached hydrogens (tertiary/aromatic N) is 1. The molecule has 0 aliphatic carbocycles. The molecule has 0 spiro atoms. The number of hydrogen-bond acceptors (Lipinski definition) is 4. The molecule has 0 fully saturated rings. The van der Waals surface area contributed by atoms with Crippen LogP contribution in [0.4, 0.5) is 5.69 Å². The zero-order valence-corrected chi connectivity index (χ0v) is 15.1. The molecule has 1 N–H and O–H groups in total. The van der Waals surface area contributed by atoms with Crippen LogP contribution in [0.3, 0.4) is 0 Å². The van der Waals surface area contributed by atoms with Crippen LogP contribution in [0.2, 0.25) is 0 Å². The van der Waals surface area contributed by atoms with Crippen molar-refractivity contribution >= 4 is 33.6 Å². The molecule has 2 aromatic rings. The summed E-state index contributed by atoms with van der Waals surface area (Å²) in [5.74, 6) is 0.751. The van der Waals surface area contributed by atoms with Gasteiger partial charge in [0, 0.05) is 10.2 Å². The lowest BCUT2D eigenvalue weighted by atomic mass is 10.1. The van der Waals surface area contributed by atoms with Gasteiger partial charge in [-0.2, -0.15) is 5.26 Å². The fourth-order valence-electron chi connectivity index (χ4n) is 2.37. The Morgan fingerprint density at radius 1 is 1.28 bits per heavy atom. The summed E-state index contributed by atoms with van der Waals surface area (Å²) in [5, 5.41) is 12.1. The van der Waals surface area contributed by atoms with Crippen LogP contribution in [0.25, 0.3) is 6.08 Å². The molecule has 0 radical (unpaired) electrons. The number of aryl methyl sites for hydroxylation is 1. The SMILES string of the molecule is CCc1ccc(NC(=O)C(C#N)=Cc2cc3c(cc2Br)OCO3)cc1. The molecule has 2 aromatic carbocycles. The number of nitrogens with one attached hydrogen (secondary N) is 1. The van der Waals surface area contributed by atoms with Crippen LogP contribution in [-0.2, 0) is 11.2 Å². The maximum absolute atomic E-state index is 12.4. The van der Waals surface area contributed by atoms with Crippen LogP contribution >= 0.6 is 15.9 Å². The number of halogens is 1. The van der Waals surface area contributed by atoms with Crippen molar-refractivity contribution in [3.05, 3.63) is 57.6 Å². The topological polar surface area (TPSA) is 71.4 Å². The zero-order valence-electron chi connectivity index (χ0n) is 13.5. The molecule has 1 heterocycles. The van der Waals surface area contributed by atoms with E-state index in [1.165, 1.54) is 11.6 Å². The van der Waals surface area contributed by atoms with E-state index >= 15 is 0 Å². The Morgan fingerprint density at radius 2 is 1.96 bits per heavy atom. The van der Waals surface area contributed by atoms with Crippen molar-refractivity contribution in [2.24, 2.45) is 0 Å². The average molecular weight is 399 g/mol. The highest BCUT2D eigenvalue weighted by Crippen LogP contribution is 2.37. The second-order valence-corrected chi connectivity index (χ2v) is 6.26. The number of carbonyl (C=O) groups excluding carboxylic acids is 1. The summed E-state index contributed by atoms with van der Waals surface area (Å²) in [5.41, 5.74) is 2.49. The summed E-state index contributed by atoms with van der Waals surface area (Å²) < 4.78 is 11.3. The summed E-state index contributed by atoms with van der Waals surface area (Å²) in [4.78, 5) is 12.4. The number of benzene rings is 2. The van der Waals surface area contributed by atoms with Crippen LogP contribution < -0.4 is 14.8 Å². The fourth-order valence-corrected chi connectivity index (χ4v) is 2.81. The van der Waals surface area contributed by atoms with Crippen molar-refractivity contribution in [1.29, 1.82) is 5.26 Å². The smallest absolute Gasteiger partial charge is 0.266 e. The Bertz CT molecular complexity index is 883. The number of nitriles is 1. The number of rotatable bonds is 4. The first kappa shape index (κ1) is 17.1. The monoisotopic (exact) mass is 398 g/mol. The Labute approximate surface area is 154 Å². The molecule has 0 atom stereocenters. The average Bonchev–Trinajstić information content (AvgIpc) is 3.07. The highest BCUT2D eigenvalue weighted by Gasteiger charge is 2.17. The van der Waals surface area contributed by atoms with E-state index in [1.54, 1.807) is 12.1 Å². The van der Waals surface area contributed by atoms with Gasteiger partial charge in [-0.25, -0.2) is 0 Å². The van der Waals surface area contributed by atoms with Gasteiger partial charge >= 0.3 is 0 Å². The Kier molecular flexibility index (Phi) is 5.05. The van der Waals surface area contributed by atoms with Crippen molar-refractivity contribution in [2.45, 2.75) is 13.3 Å². The third-order valence-electron chi connectivity index (χ3n) is 3.78. The van der Waals surface area contributed by atoms with E-state index < -0.39 is 5.91 Å². The summed E-state index contributed by atoms with van der Waals surface area (Å²) >= 11 is 3.42. The number of carbonyl (C=O) groups is 1. The van der Waals surface area contributed by atoms with E-state index in [0.29, 0.717) is 27.2 Å². The van der Waals surface area contributed by atoms with E-state index in [9.17, 15) is 10.1 Å². The third kappa shape index (κ3) is 3.83. The molecule has 5 nitrogen and oxygen atoms in total. The summed E-state index contributed by atoms with van der Waals surface area (Å²) in [7, 11) is 0. The van der Waals surface area contributed by atoms with Crippen molar-refractivity contribution in [3.8, 4) is 17.6 Å². The van der Waals surface area contributed by atoms with Crippen molar-refractivity contribution in [2.75, 3.05) is 12.1 Å². The van der Waals surface area contributed by atoms with Crippen LogP contribution in [0.1, 0.15) is 18.1 Å². The lowest BCUT2D eigenvalue weighted by molar-refractivity contribution is -0.112. The molecular weight excluding hydrogens is 384 g/mol. The minimum atomic E-state index is -0.462. The Hall–Kier alpha value is -2.78. The van der Waals surface area contributed by atoms with E-state index in [1.807, 2.05) is 30.3 Å². The van der Waals surface area contributed by atoms with Crippen molar-refractivity contribution in [1.82, 2.24) is 0 Å². The number of ether oxygens (including phenoxy) is 2. The molecular formula is C19H15BrN2O3. The molecule has 6 heteroatoms. The van der Waals surface area contributed by atoms with Gasteiger partial charge in [0.1, 0.15) is 11.6 Å². The molecule has 0 bridgehead atoms.